The Morgan fingerprint density at radius 3 is 2.59 bits per heavy atom. The molecule has 1 aromatic heterocycles. The number of β-lactam (4-membered cyclic amide) rings is 1. The molecule has 5 atom stereocenters. The molecule has 9 nitrogen and oxygen atoms in total. The van der Waals surface area contributed by atoms with Crippen molar-refractivity contribution < 1.29 is 24.2 Å². The third-order valence-electron chi connectivity index (χ3n) is 8.25. The Hall–Kier alpha value is -3.05. The minimum atomic E-state index is -2.68. The second-order valence-corrected chi connectivity index (χ2v) is 15.3. The highest BCUT2D eigenvalue weighted by Crippen LogP contribution is 2.47. The van der Waals surface area contributed by atoms with E-state index in [0.717, 1.165) is 29.1 Å². The maximum atomic E-state index is 12.0. The van der Waals surface area contributed by atoms with Crippen LogP contribution in [-0.2, 0) is 16.1 Å². The molecule has 0 spiro atoms. The third-order valence-corrected chi connectivity index (χ3v) is 10.7. The summed E-state index contributed by atoms with van der Waals surface area (Å²) in [4.78, 5) is 25.2. The summed E-state index contributed by atoms with van der Waals surface area (Å²) >= 11 is 0. The number of hydrogen-bond acceptors (Lipinski definition) is 7. The lowest BCUT2D eigenvalue weighted by Crippen LogP contribution is -2.48. The van der Waals surface area contributed by atoms with E-state index < -0.39 is 8.32 Å². The van der Waals surface area contributed by atoms with Gasteiger partial charge in [-0.1, -0.05) is 42.5 Å². The Kier molecular flexibility index (Phi) is 7.91. The maximum absolute atomic E-state index is 12.0. The topological polar surface area (TPSA) is 110 Å². The van der Waals surface area contributed by atoms with E-state index in [1.165, 1.54) is 0 Å². The fourth-order valence-corrected chi connectivity index (χ4v) is 7.96. The summed E-state index contributed by atoms with van der Waals surface area (Å²) in [6.45, 7) is 7.25. The number of rotatable bonds is 10. The van der Waals surface area contributed by atoms with E-state index in [4.69, 9.17) is 9.47 Å². The third kappa shape index (κ3) is 5.51. The van der Waals surface area contributed by atoms with Crippen LogP contribution in [0.1, 0.15) is 48.6 Å². The van der Waals surface area contributed by atoms with E-state index in [1.54, 1.807) is 16.7 Å². The molecule has 208 valence electrons. The average molecular weight is 551 g/mol. The van der Waals surface area contributed by atoms with Crippen LogP contribution in [0.3, 0.4) is 0 Å². The highest BCUT2D eigenvalue weighted by Gasteiger charge is 2.46. The number of nitrogens with zero attached hydrogens (tertiary/aromatic N) is 4. The molecule has 2 aromatic carbocycles. The summed E-state index contributed by atoms with van der Waals surface area (Å²) in [6, 6.07) is 15.7. The fourth-order valence-electron chi connectivity index (χ4n) is 5.95. The number of amides is 1. The van der Waals surface area contributed by atoms with Crippen LogP contribution in [-0.4, -0.2) is 65.5 Å². The highest BCUT2D eigenvalue weighted by atomic mass is 28.4. The molecule has 1 amide bonds. The van der Waals surface area contributed by atoms with Gasteiger partial charge in [0.1, 0.15) is 11.9 Å². The van der Waals surface area contributed by atoms with E-state index in [9.17, 15) is 14.7 Å². The van der Waals surface area contributed by atoms with Gasteiger partial charge < -0.3 is 24.3 Å². The minimum Gasteiger partial charge on any atom is -0.490 e. The molecule has 3 aromatic rings. The average Bonchev–Trinajstić information content (AvgIpc) is 3.37. The highest BCUT2D eigenvalue weighted by molar-refractivity contribution is 6.71. The molecule has 2 aliphatic rings. The molecule has 5 rings (SSSR count). The van der Waals surface area contributed by atoms with Crippen LogP contribution in [0, 0.1) is 5.92 Å². The van der Waals surface area contributed by atoms with E-state index in [1.807, 2.05) is 67.8 Å². The Morgan fingerprint density at radius 2 is 1.97 bits per heavy atom. The van der Waals surface area contributed by atoms with Crippen LogP contribution in [0.2, 0.25) is 18.6 Å². The number of carbonyl (C=O) groups is 1. The Bertz CT molecular complexity index is 1290. The molecule has 0 aliphatic carbocycles. The fraction of sp³-hybridized carbons (Fsp3) is 0.483. The van der Waals surface area contributed by atoms with Gasteiger partial charge in [-0.05, 0) is 43.3 Å². The number of aryl methyl sites for hydroxylation is 1. The normalized spacial score (nSPS) is 22.6. The van der Waals surface area contributed by atoms with Crippen molar-refractivity contribution in [2.45, 2.75) is 63.1 Å². The zero-order valence-corrected chi connectivity index (χ0v) is 24.0. The molecule has 10 heteroatoms. The SMILES string of the molecule is CO[C@H]1c2cc(N3CCC3=O)ccc2O[C@@H](C(CCn2cc(C(CO)c3ccccc3)nn2)[Si](C)(C)O)[C@@H]1C. The quantitative estimate of drug-likeness (QED) is 0.291. The summed E-state index contributed by atoms with van der Waals surface area (Å²) in [6.07, 6.45) is 2.66. The molecule has 2 N–H and O–H groups in total. The van der Waals surface area contributed by atoms with Gasteiger partial charge in [0.25, 0.3) is 0 Å². The van der Waals surface area contributed by atoms with Gasteiger partial charge in [-0.2, -0.15) is 0 Å². The lowest BCUT2D eigenvalue weighted by Gasteiger charge is -2.44. The van der Waals surface area contributed by atoms with Gasteiger partial charge in [0, 0.05) is 55.5 Å². The molecule has 1 saturated heterocycles. The largest absolute Gasteiger partial charge is 0.490 e. The number of anilines is 1. The lowest BCUT2D eigenvalue weighted by molar-refractivity contribution is -0.122. The zero-order chi connectivity index (χ0) is 27.7. The van der Waals surface area contributed by atoms with Crippen LogP contribution in [0.5, 0.6) is 5.75 Å². The van der Waals surface area contributed by atoms with E-state index in [2.05, 4.69) is 17.2 Å². The van der Waals surface area contributed by atoms with Crippen LogP contribution < -0.4 is 9.64 Å². The molecule has 39 heavy (non-hydrogen) atoms. The first-order chi connectivity index (χ1) is 18.7. The van der Waals surface area contributed by atoms with Crippen molar-refractivity contribution in [1.29, 1.82) is 0 Å². The summed E-state index contributed by atoms with van der Waals surface area (Å²) in [7, 11) is -0.976. The van der Waals surface area contributed by atoms with Crippen LogP contribution >= 0.6 is 0 Å². The molecular weight excluding hydrogens is 512 g/mol. The predicted molar refractivity (Wildman–Crippen MR) is 150 cm³/mol. The summed E-state index contributed by atoms with van der Waals surface area (Å²) in [5.41, 5.74) is 3.42. The second-order valence-electron chi connectivity index (χ2n) is 11.2. The Labute approximate surface area is 230 Å². The number of fused-ring (bicyclic) bond motifs is 1. The predicted octanol–water partition coefficient (Wildman–Crippen LogP) is 3.88. The van der Waals surface area contributed by atoms with Gasteiger partial charge in [-0.3, -0.25) is 9.48 Å². The number of aliphatic hydroxyl groups excluding tert-OH is 1. The molecular formula is C29H38N4O5Si. The molecule has 0 saturated carbocycles. The standard InChI is InChI=1S/C29H38N4O5Si/c1-19-28(37-2)22-16-21(33-15-13-27(33)35)10-11-25(22)38-29(19)26(39(3,4)36)12-14-32-17-24(30-31-32)23(18-34)20-8-6-5-7-9-20/h5-11,16-17,19,23,26,28-29,34,36H,12-15,18H2,1-4H3/t19-,23?,26?,28-,29-/m1/s1. The van der Waals surface area contributed by atoms with Crippen LogP contribution in [0.25, 0.3) is 0 Å². The molecule has 0 radical (unpaired) electrons. The van der Waals surface area contributed by atoms with Crippen molar-refractivity contribution in [3.8, 4) is 5.75 Å². The van der Waals surface area contributed by atoms with Crippen LogP contribution in [0.15, 0.2) is 54.7 Å². The van der Waals surface area contributed by atoms with Gasteiger partial charge in [0.2, 0.25) is 5.91 Å². The molecule has 1 fully saturated rings. The molecule has 3 heterocycles. The van der Waals surface area contributed by atoms with Crippen molar-refractivity contribution in [2.24, 2.45) is 5.92 Å². The molecule has 2 aliphatic heterocycles. The molecule has 0 bridgehead atoms. The number of aromatic nitrogens is 3. The second kappa shape index (κ2) is 11.2. The van der Waals surface area contributed by atoms with Gasteiger partial charge in [-0.15, -0.1) is 5.10 Å². The zero-order valence-electron chi connectivity index (χ0n) is 23.0. The minimum absolute atomic E-state index is 0.0167. The van der Waals surface area contributed by atoms with E-state index in [-0.39, 0.29) is 42.1 Å². The summed E-state index contributed by atoms with van der Waals surface area (Å²) in [5.74, 6) is 0.611. The number of methoxy groups -OCH3 is 1. The number of carbonyl (C=O) groups excluding carboxylic acids is 1. The van der Waals surface area contributed by atoms with Gasteiger partial charge in [-0.25, -0.2) is 0 Å². The van der Waals surface area contributed by atoms with Crippen molar-refractivity contribution in [3.63, 3.8) is 0 Å². The lowest BCUT2D eigenvalue weighted by atomic mass is 9.86. The first kappa shape index (κ1) is 27.5. The Balaban J connectivity index is 1.35. The van der Waals surface area contributed by atoms with Crippen LogP contribution in [0.4, 0.5) is 5.69 Å². The monoisotopic (exact) mass is 550 g/mol. The number of aliphatic hydroxyl groups is 1. The van der Waals surface area contributed by atoms with Gasteiger partial charge in [0.05, 0.1) is 24.3 Å². The summed E-state index contributed by atoms with van der Waals surface area (Å²) < 4.78 is 14.4. The summed E-state index contributed by atoms with van der Waals surface area (Å²) in [5, 5.41) is 18.7. The van der Waals surface area contributed by atoms with Crippen molar-refractivity contribution in [3.05, 3.63) is 71.5 Å². The van der Waals surface area contributed by atoms with E-state index in [0.29, 0.717) is 25.1 Å². The first-order valence-corrected chi connectivity index (χ1v) is 16.7. The van der Waals surface area contributed by atoms with Gasteiger partial charge >= 0.3 is 0 Å². The number of ether oxygens (including phenoxy) is 2. The van der Waals surface area contributed by atoms with Gasteiger partial charge in [0.15, 0.2) is 8.32 Å². The Morgan fingerprint density at radius 1 is 1.21 bits per heavy atom. The number of hydrogen-bond donors (Lipinski definition) is 2. The maximum Gasteiger partial charge on any atom is 0.228 e. The van der Waals surface area contributed by atoms with Crippen molar-refractivity contribution >= 4 is 19.9 Å². The smallest absolute Gasteiger partial charge is 0.228 e. The van der Waals surface area contributed by atoms with Crippen molar-refractivity contribution in [2.75, 3.05) is 25.2 Å². The number of benzene rings is 2. The first-order valence-electron chi connectivity index (χ1n) is 13.6. The van der Waals surface area contributed by atoms with Crippen molar-refractivity contribution in [1.82, 2.24) is 15.0 Å². The molecule has 2 unspecified atom stereocenters. The van der Waals surface area contributed by atoms with E-state index >= 15 is 0 Å².